The highest BCUT2D eigenvalue weighted by molar-refractivity contribution is 14.0. The first-order valence-electron chi connectivity index (χ1n) is 9.22. The maximum atomic E-state index is 5.86. The third-order valence-electron chi connectivity index (χ3n) is 4.17. The Hall–Kier alpha value is -0.870. The lowest BCUT2D eigenvalue weighted by Gasteiger charge is -2.34. The lowest BCUT2D eigenvalue weighted by molar-refractivity contribution is -0.0284. The van der Waals surface area contributed by atoms with E-state index >= 15 is 0 Å². The summed E-state index contributed by atoms with van der Waals surface area (Å²) in [5.41, 5.74) is 0.973. The SMILES string of the molecule is CN=C(NCc1cc(C(C)C)no1)NCC1CN(CC(C)C)CCO1.I. The van der Waals surface area contributed by atoms with Crippen LogP contribution in [-0.4, -0.2) is 62.0 Å². The van der Waals surface area contributed by atoms with E-state index in [0.717, 1.165) is 50.2 Å². The molecular formula is C18H34IN5O2. The highest BCUT2D eigenvalue weighted by Crippen LogP contribution is 2.13. The number of guanidine groups is 1. The number of nitrogens with one attached hydrogen (secondary N) is 2. The van der Waals surface area contributed by atoms with Gasteiger partial charge in [0.2, 0.25) is 0 Å². The van der Waals surface area contributed by atoms with Crippen molar-refractivity contribution in [3.8, 4) is 0 Å². The van der Waals surface area contributed by atoms with Crippen molar-refractivity contribution in [2.45, 2.75) is 46.3 Å². The van der Waals surface area contributed by atoms with Crippen LogP contribution in [0.1, 0.15) is 45.1 Å². The molecule has 1 aliphatic heterocycles. The summed E-state index contributed by atoms with van der Waals surface area (Å²) in [4.78, 5) is 6.73. The molecule has 1 unspecified atom stereocenters. The second-order valence-electron chi connectivity index (χ2n) is 7.33. The van der Waals surface area contributed by atoms with Crippen molar-refractivity contribution in [1.82, 2.24) is 20.7 Å². The predicted octanol–water partition coefficient (Wildman–Crippen LogP) is 2.44. The number of hydrogen-bond acceptors (Lipinski definition) is 5. The number of nitrogens with zero attached hydrogens (tertiary/aromatic N) is 3. The normalized spacial score (nSPS) is 18.9. The van der Waals surface area contributed by atoms with Crippen LogP contribution in [0.15, 0.2) is 15.6 Å². The van der Waals surface area contributed by atoms with Gasteiger partial charge in [-0.05, 0) is 11.8 Å². The van der Waals surface area contributed by atoms with Crippen LogP contribution in [0, 0.1) is 5.92 Å². The summed E-state index contributed by atoms with van der Waals surface area (Å²) < 4.78 is 11.2. The molecule has 0 aliphatic carbocycles. The Morgan fingerprint density at radius 1 is 1.35 bits per heavy atom. The summed E-state index contributed by atoms with van der Waals surface area (Å²) in [6, 6.07) is 1.99. The first-order chi connectivity index (χ1) is 12.0. The molecule has 0 spiro atoms. The molecule has 0 radical (unpaired) electrons. The molecule has 0 amide bonds. The molecule has 2 heterocycles. The van der Waals surface area contributed by atoms with Crippen molar-refractivity contribution in [2.24, 2.45) is 10.9 Å². The Kier molecular flexibility index (Phi) is 10.5. The summed E-state index contributed by atoms with van der Waals surface area (Å²) in [5.74, 6) is 2.60. The van der Waals surface area contributed by atoms with Crippen LogP contribution < -0.4 is 10.6 Å². The zero-order chi connectivity index (χ0) is 18.2. The number of morpholine rings is 1. The van der Waals surface area contributed by atoms with E-state index in [1.165, 1.54) is 0 Å². The van der Waals surface area contributed by atoms with Crippen LogP contribution in [0.4, 0.5) is 0 Å². The molecule has 0 saturated carbocycles. The standard InChI is InChI=1S/C18H33N5O2.HI/c1-13(2)11-23-6-7-24-16(12-23)10-21-18(19-5)20-9-15-8-17(14(3)4)22-25-15;/h8,13-14,16H,6-7,9-12H2,1-5H3,(H2,19,20,21);1H. The Morgan fingerprint density at radius 2 is 2.12 bits per heavy atom. The average Bonchev–Trinajstić information content (AvgIpc) is 3.04. The highest BCUT2D eigenvalue weighted by Gasteiger charge is 2.21. The molecular weight excluding hydrogens is 445 g/mol. The molecule has 0 aromatic carbocycles. The van der Waals surface area contributed by atoms with Crippen molar-refractivity contribution in [3.63, 3.8) is 0 Å². The van der Waals surface area contributed by atoms with Crippen molar-refractivity contribution in [2.75, 3.05) is 39.8 Å². The topological polar surface area (TPSA) is 74.9 Å². The van der Waals surface area contributed by atoms with Crippen LogP contribution >= 0.6 is 24.0 Å². The molecule has 1 aromatic heterocycles. The molecule has 1 atom stereocenters. The molecule has 7 nitrogen and oxygen atoms in total. The Labute approximate surface area is 174 Å². The van der Waals surface area contributed by atoms with Gasteiger partial charge < -0.3 is 19.9 Å². The van der Waals surface area contributed by atoms with E-state index in [9.17, 15) is 0 Å². The van der Waals surface area contributed by atoms with Gasteiger partial charge in [-0.15, -0.1) is 24.0 Å². The van der Waals surface area contributed by atoms with E-state index in [-0.39, 0.29) is 30.1 Å². The number of hydrogen-bond donors (Lipinski definition) is 2. The quantitative estimate of drug-likeness (QED) is 0.356. The van der Waals surface area contributed by atoms with Crippen molar-refractivity contribution in [3.05, 3.63) is 17.5 Å². The Morgan fingerprint density at radius 3 is 2.73 bits per heavy atom. The number of aliphatic imine (C=N–C) groups is 1. The zero-order valence-corrected chi connectivity index (χ0v) is 18.9. The maximum absolute atomic E-state index is 5.86. The fraction of sp³-hybridized carbons (Fsp3) is 0.778. The summed E-state index contributed by atoms with van der Waals surface area (Å²) in [6.07, 6.45) is 0.184. The van der Waals surface area contributed by atoms with E-state index in [4.69, 9.17) is 9.26 Å². The largest absolute Gasteiger partial charge is 0.374 e. The average molecular weight is 479 g/mol. The number of rotatable bonds is 7. The lowest BCUT2D eigenvalue weighted by Crippen LogP contribution is -2.50. The second-order valence-corrected chi connectivity index (χ2v) is 7.33. The predicted molar refractivity (Wildman–Crippen MR) is 115 cm³/mol. The van der Waals surface area contributed by atoms with Gasteiger partial charge in [-0.1, -0.05) is 32.9 Å². The molecule has 2 N–H and O–H groups in total. The third-order valence-corrected chi connectivity index (χ3v) is 4.17. The van der Waals surface area contributed by atoms with Gasteiger partial charge in [0, 0.05) is 39.3 Å². The summed E-state index contributed by atoms with van der Waals surface area (Å²) in [7, 11) is 1.77. The molecule has 1 aromatic rings. The van der Waals surface area contributed by atoms with Gasteiger partial charge in [0.05, 0.1) is 24.9 Å². The third kappa shape index (κ3) is 7.79. The van der Waals surface area contributed by atoms with E-state index in [2.05, 4.69) is 53.4 Å². The van der Waals surface area contributed by atoms with Gasteiger partial charge in [0.15, 0.2) is 11.7 Å². The summed E-state index contributed by atoms with van der Waals surface area (Å²) in [6.45, 7) is 13.9. The van der Waals surface area contributed by atoms with Crippen molar-refractivity contribution >= 4 is 29.9 Å². The Balaban J connectivity index is 0.00000338. The Bertz CT molecular complexity index is 547. The van der Waals surface area contributed by atoms with E-state index < -0.39 is 0 Å². The van der Waals surface area contributed by atoms with E-state index in [0.29, 0.717) is 18.4 Å². The molecule has 1 aliphatic rings. The van der Waals surface area contributed by atoms with Gasteiger partial charge in [0.1, 0.15) is 0 Å². The van der Waals surface area contributed by atoms with E-state index in [1.54, 1.807) is 7.05 Å². The van der Waals surface area contributed by atoms with Gasteiger partial charge in [-0.25, -0.2) is 0 Å². The molecule has 1 saturated heterocycles. The second kappa shape index (κ2) is 11.8. The number of halogens is 1. The van der Waals surface area contributed by atoms with Crippen LogP contribution in [0.25, 0.3) is 0 Å². The highest BCUT2D eigenvalue weighted by atomic mass is 127. The molecule has 1 fully saturated rings. The minimum atomic E-state index is 0. The van der Waals surface area contributed by atoms with Gasteiger partial charge >= 0.3 is 0 Å². The summed E-state index contributed by atoms with van der Waals surface area (Å²) in [5, 5.41) is 10.7. The van der Waals surface area contributed by atoms with Crippen molar-refractivity contribution in [1.29, 1.82) is 0 Å². The fourth-order valence-corrected chi connectivity index (χ4v) is 2.87. The van der Waals surface area contributed by atoms with Crippen LogP contribution in [0.5, 0.6) is 0 Å². The molecule has 8 heteroatoms. The first-order valence-corrected chi connectivity index (χ1v) is 9.22. The van der Waals surface area contributed by atoms with Gasteiger partial charge in [-0.3, -0.25) is 9.89 Å². The van der Waals surface area contributed by atoms with Crippen LogP contribution in [-0.2, 0) is 11.3 Å². The van der Waals surface area contributed by atoms with E-state index in [1.807, 2.05) is 6.07 Å². The fourth-order valence-electron chi connectivity index (χ4n) is 2.87. The first kappa shape index (κ1) is 23.2. The molecule has 2 rings (SSSR count). The van der Waals surface area contributed by atoms with Crippen LogP contribution in [0.3, 0.4) is 0 Å². The van der Waals surface area contributed by atoms with Crippen LogP contribution in [0.2, 0.25) is 0 Å². The minimum Gasteiger partial charge on any atom is -0.374 e. The zero-order valence-electron chi connectivity index (χ0n) is 16.6. The lowest BCUT2D eigenvalue weighted by atomic mass is 10.1. The maximum Gasteiger partial charge on any atom is 0.191 e. The number of ether oxygens (including phenoxy) is 1. The molecule has 150 valence electrons. The molecule has 26 heavy (non-hydrogen) atoms. The smallest absolute Gasteiger partial charge is 0.191 e. The monoisotopic (exact) mass is 479 g/mol. The van der Waals surface area contributed by atoms with Gasteiger partial charge in [-0.2, -0.15) is 0 Å². The minimum absolute atomic E-state index is 0. The molecule has 0 bridgehead atoms. The van der Waals surface area contributed by atoms with Gasteiger partial charge in [0.25, 0.3) is 0 Å². The number of aromatic nitrogens is 1. The summed E-state index contributed by atoms with van der Waals surface area (Å²) >= 11 is 0. The van der Waals surface area contributed by atoms with Crippen molar-refractivity contribution < 1.29 is 9.26 Å².